The first-order chi connectivity index (χ1) is 11.7. The molecular formula is C19H32N4O2. The second kappa shape index (κ2) is 9.91. The van der Waals surface area contributed by atoms with Gasteiger partial charge in [-0.15, -0.1) is 0 Å². The zero-order chi connectivity index (χ0) is 18.9. The molecule has 1 rings (SSSR count). The van der Waals surface area contributed by atoms with E-state index in [4.69, 9.17) is 4.74 Å². The van der Waals surface area contributed by atoms with Crippen molar-refractivity contribution in [3.05, 3.63) is 29.3 Å². The number of benzene rings is 1. The van der Waals surface area contributed by atoms with E-state index < -0.39 is 0 Å². The second-order valence-electron chi connectivity index (χ2n) is 7.09. The number of hydrogen-bond acceptors (Lipinski definition) is 3. The van der Waals surface area contributed by atoms with Crippen LogP contribution in [-0.2, 0) is 4.79 Å². The number of aliphatic imine (C=N–C) groups is 1. The lowest BCUT2D eigenvalue weighted by molar-refractivity contribution is -0.121. The summed E-state index contributed by atoms with van der Waals surface area (Å²) in [5, 5.41) is 9.18. The van der Waals surface area contributed by atoms with E-state index in [0.29, 0.717) is 19.1 Å². The molecule has 0 aliphatic carbocycles. The molecule has 140 valence electrons. The number of ether oxygens (including phenoxy) is 1. The molecule has 0 atom stereocenters. The quantitative estimate of drug-likeness (QED) is 0.401. The third-order valence-corrected chi connectivity index (χ3v) is 3.10. The monoisotopic (exact) mass is 348 g/mol. The van der Waals surface area contributed by atoms with Gasteiger partial charge in [0.2, 0.25) is 5.91 Å². The van der Waals surface area contributed by atoms with E-state index in [2.05, 4.69) is 40.9 Å². The summed E-state index contributed by atoms with van der Waals surface area (Å²) < 4.78 is 5.76. The van der Waals surface area contributed by atoms with Crippen LogP contribution < -0.4 is 20.7 Å². The fourth-order valence-corrected chi connectivity index (χ4v) is 2.30. The average Bonchev–Trinajstić information content (AvgIpc) is 2.46. The van der Waals surface area contributed by atoms with Crippen LogP contribution in [0.15, 0.2) is 23.2 Å². The topological polar surface area (TPSA) is 74.8 Å². The number of carbonyl (C=O) groups is 1. The summed E-state index contributed by atoms with van der Waals surface area (Å²) in [6.45, 7) is 13.9. The highest BCUT2D eigenvalue weighted by molar-refractivity contribution is 5.85. The smallest absolute Gasteiger partial charge is 0.242 e. The van der Waals surface area contributed by atoms with Crippen molar-refractivity contribution in [3.63, 3.8) is 0 Å². The molecule has 0 saturated heterocycles. The fraction of sp³-hybridized carbons (Fsp3) is 0.579. The molecule has 1 aromatic carbocycles. The van der Waals surface area contributed by atoms with E-state index in [1.54, 1.807) is 0 Å². The van der Waals surface area contributed by atoms with Crippen molar-refractivity contribution in [1.82, 2.24) is 16.0 Å². The predicted octanol–water partition coefficient (Wildman–Crippen LogP) is 2.15. The molecule has 0 aliphatic rings. The van der Waals surface area contributed by atoms with E-state index in [0.717, 1.165) is 12.3 Å². The van der Waals surface area contributed by atoms with Crippen LogP contribution >= 0.6 is 0 Å². The Bertz CT molecular complexity index is 571. The molecule has 0 heterocycles. The normalized spacial score (nSPS) is 11.8. The summed E-state index contributed by atoms with van der Waals surface area (Å²) in [5.41, 5.74) is 2.11. The van der Waals surface area contributed by atoms with Gasteiger partial charge in [0.1, 0.15) is 18.9 Å². The maximum atomic E-state index is 11.8. The summed E-state index contributed by atoms with van der Waals surface area (Å²) >= 11 is 0. The molecule has 0 fully saturated rings. The standard InChI is InChI=1S/C19H32N4O2/c1-7-20-18(22-13-17(24)23-19(4,5)6)21-8-9-25-16-11-14(2)10-15(3)12-16/h10-12H,7-9,13H2,1-6H3,(H,23,24)(H2,20,21,22). The Balaban J connectivity index is 2.44. The number of nitrogens with one attached hydrogen (secondary N) is 3. The van der Waals surface area contributed by atoms with Crippen molar-refractivity contribution >= 4 is 11.9 Å². The van der Waals surface area contributed by atoms with Crippen molar-refractivity contribution in [1.29, 1.82) is 0 Å². The Morgan fingerprint density at radius 1 is 1.12 bits per heavy atom. The lowest BCUT2D eigenvalue weighted by Crippen LogP contribution is -2.43. The molecule has 25 heavy (non-hydrogen) atoms. The van der Waals surface area contributed by atoms with E-state index >= 15 is 0 Å². The lowest BCUT2D eigenvalue weighted by Gasteiger charge is -2.20. The molecule has 0 aromatic heterocycles. The minimum Gasteiger partial charge on any atom is -0.492 e. The third-order valence-electron chi connectivity index (χ3n) is 3.10. The Labute approximate surface area is 151 Å². The predicted molar refractivity (Wildman–Crippen MR) is 103 cm³/mol. The van der Waals surface area contributed by atoms with Gasteiger partial charge in [-0.2, -0.15) is 0 Å². The maximum absolute atomic E-state index is 11.8. The molecule has 0 saturated carbocycles. The number of rotatable bonds is 7. The highest BCUT2D eigenvalue weighted by Crippen LogP contribution is 2.15. The zero-order valence-corrected chi connectivity index (χ0v) is 16.3. The van der Waals surface area contributed by atoms with Gasteiger partial charge in [0, 0.05) is 12.1 Å². The van der Waals surface area contributed by atoms with Crippen LogP contribution in [0.1, 0.15) is 38.8 Å². The second-order valence-corrected chi connectivity index (χ2v) is 7.09. The van der Waals surface area contributed by atoms with Crippen molar-refractivity contribution in [2.24, 2.45) is 4.99 Å². The fourth-order valence-electron chi connectivity index (χ4n) is 2.30. The van der Waals surface area contributed by atoms with E-state index in [1.807, 2.05) is 39.8 Å². The van der Waals surface area contributed by atoms with Gasteiger partial charge in [-0.05, 0) is 64.8 Å². The van der Waals surface area contributed by atoms with Gasteiger partial charge in [0.25, 0.3) is 0 Å². The Kier molecular flexibility index (Phi) is 8.25. The van der Waals surface area contributed by atoms with Gasteiger partial charge in [0.15, 0.2) is 5.96 Å². The highest BCUT2D eigenvalue weighted by Gasteiger charge is 2.13. The summed E-state index contributed by atoms with van der Waals surface area (Å²) in [4.78, 5) is 16.1. The van der Waals surface area contributed by atoms with E-state index in [-0.39, 0.29) is 18.0 Å². The molecule has 6 nitrogen and oxygen atoms in total. The Morgan fingerprint density at radius 2 is 1.76 bits per heavy atom. The highest BCUT2D eigenvalue weighted by atomic mass is 16.5. The Hall–Kier alpha value is -2.24. The van der Waals surface area contributed by atoms with Crippen LogP contribution in [0.3, 0.4) is 0 Å². The molecule has 1 aromatic rings. The van der Waals surface area contributed by atoms with Crippen LogP contribution in [0.5, 0.6) is 5.75 Å². The van der Waals surface area contributed by atoms with Crippen molar-refractivity contribution in [2.45, 2.75) is 47.1 Å². The number of carbonyl (C=O) groups excluding carboxylic acids is 1. The van der Waals surface area contributed by atoms with Crippen molar-refractivity contribution in [3.8, 4) is 5.75 Å². The van der Waals surface area contributed by atoms with Crippen LogP contribution in [-0.4, -0.2) is 43.6 Å². The molecule has 0 spiro atoms. The summed E-state index contributed by atoms with van der Waals surface area (Å²) in [7, 11) is 0. The minimum atomic E-state index is -0.252. The van der Waals surface area contributed by atoms with Gasteiger partial charge in [-0.3, -0.25) is 4.79 Å². The van der Waals surface area contributed by atoms with Gasteiger partial charge < -0.3 is 20.7 Å². The molecule has 1 amide bonds. The van der Waals surface area contributed by atoms with Gasteiger partial charge in [0.05, 0.1) is 6.54 Å². The lowest BCUT2D eigenvalue weighted by atomic mass is 10.1. The van der Waals surface area contributed by atoms with Crippen molar-refractivity contribution < 1.29 is 9.53 Å². The number of nitrogens with zero attached hydrogens (tertiary/aromatic N) is 1. The van der Waals surface area contributed by atoms with Crippen LogP contribution in [0.4, 0.5) is 0 Å². The first-order valence-corrected chi connectivity index (χ1v) is 8.74. The van der Waals surface area contributed by atoms with Crippen molar-refractivity contribution in [2.75, 3.05) is 26.2 Å². The number of guanidine groups is 1. The van der Waals surface area contributed by atoms with Crippen LogP contribution in [0.2, 0.25) is 0 Å². The number of amides is 1. The molecule has 0 aliphatic heterocycles. The minimum absolute atomic E-state index is 0.0878. The summed E-state index contributed by atoms with van der Waals surface area (Å²) in [6.07, 6.45) is 0. The molecular weight excluding hydrogens is 316 g/mol. The van der Waals surface area contributed by atoms with Crippen LogP contribution in [0, 0.1) is 13.8 Å². The molecule has 3 N–H and O–H groups in total. The first-order valence-electron chi connectivity index (χ1n) is 8.74. The van der Waals surface area contributed by atoms with Crippen LogP contribution in [0.25, 0.3) is 0 Å². The molecule has 0 radical (unpaired) electrons. The Morgan fingerprint density at radius 3 is 2.32 bits per heavy atom. The molecule has 0 unspecified atom stereocenters. The largest absolute Gasteiger partial charge is 0.492 e. The SMILES string of the molecule is CCNC(=NCC(=O)NC(C)(C)C)NCCOc1cc(C)cc(C)c1. The van der Waals surface area contributed by atoms with E-state index in [9.17, 15) is 4.79 Å². The summed E-state index contributed by atoms with van der Waals surface area (Å²) in [5.74, 6) is 1.37. The van der Waals surface area contributed by atoms with Gasteiger partial charge >= 0.3 is 0 Å². The summed E-state index contributed by atoms with van der Waals surface area (Å²) in [6, 6.07) is 6.15. The zero-order valence-electron chi connectivity index (χ0n) is 16.3. The average molecular weight is 348 g/mol. The van der Waals surface area contributed by atoms with Gasteiger partial charge in [-0.25, -0.2) is 4.99 Å². The van der Waals surface area contributed by atoms with Gasteiger partial charge in [-0.1, -0.05) is 6.07 Å². The molecule has 6 heteroatoms. The first kappa shape index (κ1) is 20.8. The third kappa shape index (κ3) is 9.59. The van der Waals surface area contributed by atoms with E-state index in [1.165, 1.54) is 11.1 Å². The number of hydrogen-bond donors (Lipinski definition) is 3. The number of aryl methyl sites for hydroxylation is 2. The maximum Gasteiger partial charge on any atom is 0.242 e. The molecule has 0 bridgehead atoms.